The summed E-state index contributed by atoms with van der Waals surface area (Å²) in [5.41, 5.74) is 0. The van der Waals surface area contributed by atoms with Gasteiger partial charge in [0.05, 0.1) is 6.04 Å². The van der Waals surface area contributed by atoms with Gasteiger partial charge in [-0.1, -0.05) is 13.8 Å². The summed E-state index contributed by atoms with van der Waals surface area (Å²) in [4.78, 5) is 11.9. The fraction of sp³-hybridized carbons (Fsp3) is 0.929. The molecule has 3 nitrogen and oxygen atoms in total. The summed E-state index contributed by atoms with van der Waals surface area (Å²) in [7, 11) is 0. The monoisotopic (exact) mass is 238 g/mol. The van der Waals surface area contributed by atoms with E-state index in [9.17, 15) is 4.79 Å². The van der Waals surface area contributed by atoms with Crippen molar-refractivity contribution in [2.75, 3.05) is 6.54 Å². The second kappa shape index (κ2) is 5.85. The van der Waals surface area contributed by atoms with E-state index < -0.39 is 0 Å². The second-order valence-corrected chi connectivity index (χ2v) is 6.01. The normalized spacial score (nSPS) is 39.5. The average Bonchev–Trinajstić information content (AvgIpc) is 2.48. The third kappa shape index (κ3) is 3.44. The zero-order chi connectivity index (χ0) is 12.3. The van der Waals surface area contributed by atoms with Crippen LogP contribution in [-0.2, 0) is 4.79 Å². The Morgan fingerprint density at radius 2 is 2.00 bits per heavy atom. The highest BCUT2D eigenvalue weighted by Crippen LogP contribution is 2.29. The molecular weight excluding hydrogens is 212 g/mol. The van der Waals surface area contributed by atoms with Gasteiger partial charge in [-0.2, -0.15) is 0 Å². The predicted octanol–water partition coefficient (Wildman–Crippen LogP) is 2.07. The van der Waals surface area contributed by atoms with Gasteiger partial charge >= 0.3 is 0 Å². The molecule has 4 unspecified atom stereocenters. The Morgan fingerprint density at radius 3 is 2.76 bits per heavy atom. The van der Waals surface area contributed by atoms with Crippen LogP contribution in [0.1, 0.15) is 52.4 Å². The molecular formula is C14H26N2O. The van der Waals surface area contributed by atoms with Gasteiger partial charge in [-0.25, -0.2) is 0 Å². The lowest BCUT2D eigenvalue weighted by Crippen LogP contribution is -2.50. The minimum absolute atomic E-state index is 0.0540. The van der Waals surface area contributed by atoms with E-state index in [-0.39, 0.29) is 11.9 Å². The van der Waals surface area contributed by atoms with Gasteiger partial charge in [-0.15, -0.1) is 0 Å². The highest BCUT2D eigenvalue weighted by molar-refractivity contribution is 5.81. The molecule has 0 radical (unpaired) electrons. The standard InChI is InChI=1S/C14H26N2O/c1-10-6-7-12(11(2)9-10)16-13-5-3-4-8-15-14(13)17/h10-13,16H,3-9H2,1-2H3,(H,15,17). The van der Waals surface area contributed by atoms with Gasteiger partial charge in [-0.3, -0.25) is 4.79 Å². The zero-order valence-electron chi connectivity index (χ0n) is 11.2. The molecule has 2 fully saturated rings. The Kier molecular flexibility index (Phi) is 4.43. The molecule has 1 saturated heterocycles. The Morgan fingerprint density at radius 1 is 1.18 bits per heavy atom. The molecule has 0 aromatic rings. The molecule has 3 heteroatoms. The second-order valence-electron chi connectivity index (χ2n) is 6.01. The highest BCUT2D eigenvalue weighted by atomic mass is 16.2. The lowest BCUT2D eigenvalue weighted by molar-refractivity contribution is -0.123. The van der Waals surface area contributed by atoms with Crippen molar-refractivity contribution < 1.29 is 4.79 Å². The number of rotatable bonds is 2. The van der Waals surface area contributed by atoms with Gasteiger partial charge in [0.1, 0.15) is 0 Å². The third-order valence-corrected chi connectivity index (χ3v) is 4.38. The first-order chi connectivity index (χ1) is 8.16. The minimum Gasteiger partial charge on any atom is -0.355 e. The number of hydrogen-bond acceptors (Lipinski definition) is 2. The molecule has 98 valence electrons. The highest BCUT2D eigenvalue weighted by Gasteiger charge is 2.29. The van der Waals surface area contributed by atoms with Crippen LogP contribution in [0.4, 0.5) is 0 Å². The molecule has 2 N–H and O–H groups in total. The predicted molar refractivity (Wildman–Crippen MR) is 69.8 cm³/mol. The summed E-state index contributed by atoms with van der Waals surface area (Å²) in [5.74, 6) is 1.77. The average molecular weight is 238 g/mol. The van der Waals surface area contributed by atoms with Gasteiger partial charge in [-0.05, 0) is 50.4 Å². The van der Waals surface area contributed by atoms with Crippen LogP contribution >= 0.6 is 0 Å². The van der Waals surface area contributed by atoms with Crippen LogP contribution in [0, 0.1) is 11.8 Å². The lowest BCUT2D eigenvalue weighted by atomic mass is 9.79. The summed E-state index contributed by atoms with van der Waals surface area (Å²) >= 11 is 0. The van der Waals surface area contributed by atoms with Crippen LogP contribution < -0.4 is 10.6 Å². The van der Waals surface area contributed by atoms with E-state index in [4.69, 9.17) is 0 Å². The molecule has 4 atom stereocenters. The van der Waals surface area contributed by atoms with Gasteiger partial charge in [0, 0.05) is 12.6 Å². The van der Waals surface area contributed by atoms with Crippen molar-refractivity contribution in [2.45, 2.75) is 64.5 Å². The van der Waals surface area contributed by atoms with Crippen molar-refractivity contribution in [1.82, 2.24) is 10.6 Å². The molecule has 0 aromatic heterocycles. The first-order valence-electron chi connectivity index (χ1n) is 7.20. The first-order valence-corrected chi connectivity index (χ1v) is 7.20. The van der Waals surface area contributed by atoms with Gasteiger partial charge < -0.3 is 10.6 Å². The topological polar surface area (TPSA) is 41.1 Å². The van der Waals surface area contributed by atoms with Crippen LogP contribution in [0.15, 0.2) is 0 Å². The molecule has 2 aliphatic rings. The quantitative estimate of drug-likeness (QED) is 0.773. The maximum absolute atomic E-state index is 11.9. The van der Waals surface area contributed by atoms with Crippen molar-refractivity contribution in [3.8, 4) is 0 Å². The zero-order valence-corrected chi connectivity index (χ0v) is 11.2. The van der Waals surface area contributed by atoms with Crippen LogP contribution in [0.5, 0.6) is 0 Å². The van der Waals surface area contributed by atoms with E-state index >= 15 is 0 Å². The Balaban J connectivity index is 1.88. The number of carbonyl (C=O) groups is 1. The fourth-order valence-corrected chi connectivity index (χ4v) is 3.27. The fourth-order valence-electron chi connectivity index (χ4n) is 3.27. The maximum Gasteiger partial charge on any atom is 0.237 e. The summed E-state index contributed by atoms with van der Waals surface area (Å²) < 4.78 is 0. The van der Waals surface area contributed by atoms with Crippen molar-refractivity contribution >= 4 is 5.91 Å². The molecule has 1 aliphatic heterocycles. The number of nitrogens with one attached hydrogen (secondary N) is 2. The molecule has 1 aliphatic carbocycles. The summed E-state index contributed by atoms with van der Waals surface area (Å²) in [6.45, 7) is 5.52. The van der Waals surface area contributed by atoms with E-state index in [1.165, 1.54) is 19.3 Å². The van der Waals surface area contributed by atoms with E-state index in [2.05, 4.69) is 24.5 Å². The van der Waals surface area contributed by atoms with Crippen molar-refractivity contribution in [1.29, 1.82) is 0 Å². The summed E-state index contributed by atoms with van der Waals surface area (Å²) in [6.07, 6.45) is 7.12. The maximum atomic E-state index is 11.9. The Labute approximate surface area is 105 Å². The van der Waals surface area contributed by atoms with Crippen LogP contribution in [0.3, 0.4) is 0 Å². The molecule has 1 amide bonds. The van der Waals surface area contributed by atoms with Crippen LogP contribution in [0.2, 0.25) is 0 Å². The SMILES string of the molecule is CC1CCC(NC2CCCCNC2=O)C(C)C1. The Hall–Kier alpha value is -0.570. The molecule has 17 heavy (non-hydrogen) atoms. The molecule has 0 aromatic carbocycles. The van der Waals surface area contributed by atoms with E-state index in [0.29, 0.717) is 12.0 Å². The van der Waals surface area contributed by atoms with Gasteiger partial charge in [0.25, 0.3) is 0 Å². The van der Waals surface area contributed by atoms with E-state index in [0.717, 1.165) is 31.7 Å². The molecule has 0 spiro atoms. The number of hydrogen-bond donors (Lipinski definition) is 2. The van der Waals surface area contributed by atoms with Crippen LogP contribution in [0.25, 0.3) is 0 Å². The molecule has 0 bridgehead atoms. The van der Waals surface area contributed by atoms with Crippen LogP contribution in [-0.4, -0.2) is 24.5 Å². The van der Waals surface area contributed by atoms with Crippen molar-refractivity contribution in [2.24, 2.45) is 11.8 Å². The molecule has 2 rings (SSSR count). The molecule has 1 heterocycles. The Bertz CT molecular complexity index is 267. The molecule has 1 saturated carbocycles. The summed E-state index contributed by atoms with van der Waals surface area (Å²) in [5, 5.41) is 6.61. The lowest BCUT2D eigenvalue weighted by Gasteiger charge is -2.35. The third-order valence-electron chi connectivity index (χ3n) is 4.38. The smallest absolute Gasteiger partial charge is 0.237 e. The largest absolute Gasteiger partial charge is 0.355 e. The summed E-state index contributed by atoms with van der Waals surface area (Å²) in [6, 6.07) is 0.596. The van der Waals surface area contributed by atoms with Crippen molar-refractivity contribution in [3.63, 3.8) is 0 Å². The van der Waals surface area contributed by atoms with Crippen molar-refractivity contribution in [3.05, 3.63) is 0 Å². The first kappa shape index (κ1) is 12.9. The van der Waals surface area contributed by atoms with Gasteiger partial charge in [0.2, 0.25) is 5.91 Å². The van der Waals surface area contributed by atoms with E-state index in [1.54, 1.807) is 0 Å². The van der Waals surface area contributed by atoms with Gasteiger partial charge in [0.15, 0.2) is 0 Å². The minimum atomic E-state index is 0.0540. The number of amides is 1. The van der Waals surface area contributed by atoms with E-state index in [1.807, 2.05) is 0 Å². The number of carbonyl (C=O) groups excluding carboxylic acids is 1.